The van der Waals surface area contributed by atoms with Crippen LogP contribution in [0.4, 0.5) is 0 Å². The minimum absolute atomic E-state index is 0.142. The predicted molar refractivity (Wildman–Crippen MR) is 81.3 cm³/mol. The molecule has 1 aromatic rings. The zero-order valence-corrected chi connectivity index (χ0v) is 12.6. The molecule has 1 fully saturated rings. The number of hydrogen-bond acceptors (Lipinski definition) is 3. The second-order valence-corrected chi connectivity index (χ2v) is 5.70. The Morgan fingerprint density at radius 3 is 2.67 bits per heavy atom. The Kier molecular flexibility index (Phi) is 4.96. The maximum absolute atomic E-state index is 12.5. The van der Waals surface area contributed by atoms with Gasteiger partial charge in [-0.15, -0.1) is 0 Å². The predicted octanol–water partition coefficient (Wildman–Crippen LogP) is 1.06. The summed E-state index contributed by atoms with van der Waals surface area (Å²) >= 11 is 0. The normalized spacial score (nSPS) is 24.3. The van der Waals surface area contributed by atoms with Gasteiger partial charge in [0.25, 0.3) is 0 Å². The molecule has 114 valence electrons. The number of nitrogens with two attached hydrogens (primary N) is 1. The van der Waals surface area contributed by atoms with E-state index in [-0.39, 0.29) is 11.8 Å². The molecule has 5 heteroatoms. The molecule has 1 aromatic carbocycles. The molecule has 1 saturated heterocycles. The summed E-state index contributed by atoms with van der Waals surface area (Å²) in [6.45, 7) is 2.65. The highest BCUT2D eigenvalue weighted by atomic mass is 16.2. The minimum atomic E-state index is -0.611. The molecular weight excluding hydrogens is 266 g/mol. The average Bonchev–Trinajstić information content (AvgIpc) is 2.61. The number of likely N-dealkylation sites (N-methyl/N-ethyl adjacent to an activating group) is 1. The number of likely N-dealkylation sites (tertiary alicyclic amines) is 1. The maximum atomic E-state index is 12.5. The molecule has 2 amide bonds. The Balaban J connectivity index is 2.36. The third-order valence-electron chi connectivity index (χ3n) is 4.04. The van der Waals surface area contributed by atoms with Gasteiger partial charge in [-0.05, 0) is 24.3 Å². The van der Waals surface area contributed by atoms with E-state index >= 15 is 0 Å². The molecule has 0 radical (unpaired) electrons. The van der Waals surface area contributed by atoms with Gasteiger partial charge in [-0.2, -0.15) is 0 Å². The first-order valence-corrected chi connectivity index (χ1v) is 7.37. The topological polar surface area (TPSA) is 75.4 Å². The van der Waals surface area contributed by atoms with Crippen molar-refractivity contribution in [2.24, 2.45) is 11.7 Å². The van der Waals surface area contributed by atoms with E-state index in [4.69, 9.17) is 5.73 Å². The van der Waals surface area contributed by atoms with Gasteiger partial charge in [-0.1, -0.05) is 37.3 Å². The summed E-state index contributed by atoms with van der Waals surface area (Å²) in [5.74, 6) is 0.0585. The van der Waals surface area contributed by atoms with Crippen LogP contribution in [0, 0.1) is 5.92 Å². The van der Waals surface area contributed by atoms with Crippen molar-refractivity contribution in [1.82, 2.24) is 10.2 Å². The van der Waals surface area contributed by atoms with E-state index < -0.39 is 12.1 Å². The van der Waals surface area contributed by atoms with Crippen LogP contribution in [0.2, 0.25) is 0 Å². The Bertz CT molecular complexity index is 504. The highest BCUT2D eigenvalue weighted by molar-refractivity contribution is 5.90. The fraction of sp³-hybridized carbons (Fsp3) is 0.500. The molecule has 3 atom stereocenters. The lowest BCUT2D eigenvalue weighted by atomic mass is 10.0. The molecular formula is C16H23N3O2. The fourth-order valence-corrected chi connectivity index (χ4v) is 2.84. The maximum Gasteiger partial charge on any atom is 0.247 e. The highest BCUT2D eigenvalue weighted by Crippen LogP contribution is 2.26. The highest BCUT2D eigenvalue weighted by Gasteiger charge is 2.35. The zero-order chi connectivity index (χ0) is 15.4. The lowest BCUT2D eigenvalue weighted by Crippen LogP contribution is -2.48. The number of amides is 2. The van der Waals surface area contributed by atoms with Crippen molar-refractivity contribution in [2.75, 3.05) is 13.6 Å². The quantitative estimate of drug-likeness (QED) is 0.873. The molecule has 0 saturated carbocycles. The number of hydrogen-bond donors (Lipinski definition) is 2. The number of rotatable bonds is 3. The van der Waals surface area contributed by atoms with Crippen LogP contribution in [0.3, 0.4) is 0 Å². The zero-order valence-electron chi connectivity index (χ0n) is 12.6. The van der Waals surface area contributed by atoms with E-state index in [1.807, 2.05) is 30.3 Å². The second kappa shape index (κ2) is 6.72. The molecule has 0 aliphatic carbocycles. The van der Waals surface area contributed by atoms with Crippen LogP contribution in [0.5, 0.6) is 0 Å². The van der Waals surface area contributed by atoms with E-state index in [0.29, 0.717) is 18.9 Å². The van der Waals surface area contributed by atoms with E-state index in [9.17, 15) is 9.59 Å². The summed E-state index contributed by atoms with van der Waals surface area (Å²) in [6.07, 6.45) is 1.53. The second-order valence-electron chi connectivity index (χ2n) is 5.70. The monoisotopic (exact) mass is 289 g/mol. The van der Waals surface area contributed by atoms with Crippen molar-refractivity contribution in [3.63, 3.8) is 0 Å². The van der Waals surface area contributed by atoms with E-state index in [0.717, 1.165) is 12.0 Å². The molecule has 21 heavy (non-hydrogen) atoms. The van der Waals surface area contributed by atoms with Crippen LogP contribution in [-0.2, 0) is 9.59 Å². The van der Waals surface area contributed by atoms with Crippen molar-refractivity contribution >= 4 is 11.8 Å². The van der Waals surface area contributed by atoms with Gasteiger partial charge in [-0.3, -0.25) is 9.59 Å². The first-order chi connectivity index (χ1) is 10.0. The van der Waals surface area contributed by atoms with Gasteiger partial charge in [0, 0.05) is 13.6 Å². The van der Waals surface area contributed by atoms with Crippen LogP contribution in [0.25, 0.3) is 0 Å². The Hall–Kier alpha value is -1.88. The number of nitrogens with zero attached hydrogens (tertiary/aromatic N) is 1. The number of carbonyl (C=O) groups is 2. The molecule has 0 aromatic heterocycles. The van der Waals surface area contributed by atoms with Gasteiger partial charge in [-0.25, -0.2) is 0 Å². The molecule has 5 nitrogen and oxygen atoms in total. The Labute approximate surface area is 125 Å². The summed E-state index contributed by atoms with van der Waals surface area (Å²) in [5, 5.41) is 2.65. The molecule has 0 bridgehead atoms. The fourth-order valence-electron chi connectivity index (χ4n) is 2.84. The van der Waals surface area contributed by atoms with E-state index in [1.54, 1.807) is 11.9 Å². The van der Waals surface area contributed by atoms with Crippen LogP contribution < -0.4 is 11.1 Å². The smallest absolute Gasteiger partial charge is 0.247 e. The molecule has 1 heterocycles. The van der Waals surface area contributed by atoms with Crippen molar-refractivity contribution in [1.29, 1.82) is 0 Å². The average molecular weight is 289 g/mol. The molecule has 1 aliphatic heterocycles. The number of carbonyl (C=O) groups excluding carboxylic acids is 2. The van der Waals surface area contributed by atoms with Crippen molar-refractivity contribution in [3.05, 3.63) is 35.9 Å². The van der Waals surface area contributed by atoms with Gasteiger partial charge in [0.1, 0.15) is 6.04 Å². The lowest BCUT2D eigenvalue weighted by Gasteiger charge is -2.31. The summed E-state index contributed by atoms with van der Waals surface area (Å²) in [7, 11) is 1.59. The molecule has 2 rings (SSSR count). The standard InChI is InChI=1S/C16H23N3O2/c1-11-8-9-19(16(21)13(17)10-11)14(15(20)18-2)12-6-4-3-5-7-12/h3-7,11,13-14H,8-10,17H2,1-2H3,(H,18,20)/t11-,13-,14?/m0/s1. The SMILES string of the molecule is CNC(=O)C(c1ccccc1)N1CC[C@H](C)C[C@H](N)C1=O. The van der Waals surface area contributed by atoms with Gasteiger partial charge in [0.15, 0.2) is 0 Å². The van der Waals surface area contributed by atoms with Gasteiger partial charge >= 0.3 is 0 Å². The third kappa shape index (κ3) is 3.42. The number of benzene rings is 1. The molecule has 1 unspecified atom stereocenters. The first kappa shape index (κ1) is 15.5. The van der Waals surface area contributed by atoms with Crippen molar-refractivity contribution in [2.45, 2.75) is 31.8 Å². The first-order valence-electron chi connectivity index (χ1n) is 7.37. The van der Waals surface area contributed by atoms with Crippen LogP contribution in [0.1, 0.15) is 31.4 Å². The van der Waals surface area contributed by atoms with Crippen molar-refractivity contribution in [3.8, 4) is 0 Å². The molecule has 0 spiro atoms. The van der Waals surface area contributed by atoms with Crippen LogP contribution >= 0.6 is 0 Å². The molecule has 1 aliphatic rings. The minimum Gasteiger partial charge on any atom is -0.357 e. The number of nitrogens with one attached hydrogen (secondary N) is 1. The van der Waals surface area contributed by atoms with Crippen molar-refractivity contribution < 1.29 is 9.59 Å². The summed E-state index contributed by atoms with van der Waals surface area (Å²) in [6, 6.07) is 8.23. The van der Waals surface area contributed by atoms with E-state index in [1.165, 1.54) is 0 Å². The Morgan fingerprint density at radius 1 is 1.38 bits per heavy atom. The third-order valence-corrected chi connectivity index (χ3v) is 4.04. The summed E-state index contributed by atoms with van der Waals surface area (Å²) in [5.41, 5.74) is 6.81. The van der Waals surface area contributed by atoms with Gasteiger partial charge in [0.05, 0.1) is 6.04 Å². The largest absolute Gasteiger partial charge is 0.357 e. The lowest BCUT2D eigenvalue weighted by molar-refractivity contribution is -0.141. The Morgan fingerprint density at radius 2 is 2.05 bits per heavy atom. The summed E-state index contributed by atoms with van der Waals surface area (Å²) in [4.78, 5) is 26.5. The van der Waals surface area contributed by atoms with E-state index in [2.05, 4.69) is 12.2 Å². The van der Waals surface area contributed by atoms with Gasteiger partial charge in [0.2, 0.25) is 11.8 Å². The molecule has 3 N–H and O–H groups in total. The summed E-state index contributed by atoms with van der Waals surface area (Å²) < 4.78 is 0. The van der Waals surface area contributed by atoms with Gasteiger partial charge < -0.3 is 16.0 Å². The van der Waals surface area contributed by atoms with Crippen LogP contribution in [-0.4, -0.2) is 36.3 Å². The van der Waals surface area contributed by atoms with Crippen LogP contribution in [0.15, 0.2) is 30.3 Å².